The molecular weight excluding hydrogens is 330 g/mol. The van der Waals surface area contributed by atoms with Gasteiger partial charge in [-0.2, -0.15) is 4.98 Å². The number of anilines is 2. The van der Waals surface area contributed by atoms with E-state index < -0.39 is 4.92 Å². The van der Waals surface area contributed by atoms with Crippen LogP contribution in [0.2, 0.25) is 0 Å². The fourth-order valence-electron chi connectivity index (χ4n) is 2.18. The van der Waals surface area contributed by atoms with Crippen LogP contribution in [0.4, 0.5) is 16.6 Å². The highest BCUT2D eigenvalue weighted by atomic mass is 32.1. The van der Waals surface area contributed by atoms with Gasteiger partial charge in [0.05, 0.1) is 4.92 Å². The van der Waals surface area contributed by atoms with Crippen LogP contribution in [-0.2, 0) is 0 Å². The number of hydrogen-bond donors (Lipinski definition) is 1. The Morgan fingerprint density at radius 3 is 2.54 bits per heavy atom. The van der Waals surface area contributed by atoms with Gasteiger partial charge in [-0.3, -0.25) is 10.1 Å². The van der Waals surface area contributed by atoms with Crippen LogP contribution in [0.25, 0.3) is 0 Å². The summed E-state index contributed by atoms with van der Waals surface area (Å²) in [6.07, 6.45) is 2.80. The van der Waals surface area contributed by atoms with Crippen LogP contribution in [-0.4, -0.2) is 19.9 Å². The lowest BCUT2D eigenvalue weighted by atomic mass is 10.1. The van der Waals surface area contributed by atoms with Crippen molar-refractivity contribution in [2.75, 3.05) is 5.32 Å². The number of ether oxygens (including phenoxy) is 1. The zero-order valence-electron chi connectivity index (χ0n) is 12.9. The molecule has 0 fully saturated rings. The summed E-state index contributed by atoms with van der Waals surface area (Å²) in [6.45, 7) is 3.84. The van der Waals surface area contributed by atoms with Gasteiger partial charge in [-0.15, -0.1) is 11.3 Å². The van der Waals surface area contributed by atoms with Gasteiger partial charge < -0.3 is 10.1 Å². The van der Waals surface area contributed by atoms with Crippen molar-refractivity contribution < 1.29 is 9.66 Å². The smallest absolute Gasteiger partial charge is 0.373 e. The van der Waals surface area contributed by atoms with Gasteiger partial charge in [-0.25, -0.2) is 9.97 Å². The molecule has 3 rings (SSSR count). The Morgan fingerprint density at radius 1 is 1.17 bits per heavy atom. The van der Waals surface area contributed by atoms with Gasteiger partial charge in [0.1, 0.15) is 12.1 Å². The Balaban J connectivity index is 1.99. The summed E-state index contributed by atoms with van der Waals surface area (Å²) in [5, 5.41) is 16.5. The van der Waals surface area contributed by atoms with Crippen molar-refractivity contribution in [3.63, 3.8) is 0 Å². The SMILES string of the molecule is Cc1cc(C)cc(Oc2ncnc(Nc3nccs3)c2[N+](=O)[O-])c1. The van der Waals surface area contributed by atoms with Crippen LogP contribution in [0.15, 0.2) is 36.1 Å². The Labute approximate surface area is 141 Å². The van der Waals surface area contributed by atoms with Crippen molar-refractivity contribution in [3.8, 4) is 11.6 Å². The molecule has 0 saturated carbocycles. The zero-order valence-corrected chi connectivity index (χ0v) is 13.7. The van der Waals surface area contributed by atoms with E-state index in [0.29, 0.717) is 10.9 Å². The molecule has 2 aromatic heterocycles. The number of nitro groups is 1. The predicted molar refractivity (Wildman–Crippen MR) is 90.1 cm³/mol. The quantitative estimate of drug-likeness (QED) is 0.551. The predicted octanol–water partition coefficient (Wildman–Crippen LogP) is 3.99. The monoisotopic (exact) mass is 343 g/mol. The molecule has 0 unspecified atom stereocenters. The molecule has 0 bridgehead atoms. The van der Waals surface area contributed by atoms with E-state index in [2.05, 4.69) is 20.3 Å². The van der Waals surface area contributed by atoms with Gasteiger partial charge in [0.25, 0.3) is 0 Å². The molecule has 1 aromatic carbocycles. The first-order valence-electron chi connectivity index (χ1n) is 6.95. The molecule has 0 aliphatic carbocycles. The van der Waals surface area contributed by atoms with E-state index in [9.17, 15) is 10.1 Å². The highest BCUT2D eigenvalue weighted by Gasteiger charge is 2.25. The number of rotatable bonds is 5. The van der Waals surface area contributed by atoms with Gasteiger partial charge in [0.15, 0.2) is 5.13 Å². The van der Waals surface area contributed by atoms with Gasteiger partial charge >= 0.3 is 11.6 Å². The third-order valence-corrected chi connectivity index (χ3v) is 3.73. The maximum Gasteiger partial charge on any atom is 0.373 e. The van der Waals surface area contributed by atoms with Gasteiger partial charge in [0.2, 0.25) is 5.82 Å². The second-order valence-corrected chi connectivity index (χ2v) is 5.92. The van der Waals surface area contributed by atoms with Crippen LogP contribution in [0.5, 0.6) is 11.6 Å². The second-order valence-electron chi connectivity index (χ2n) is 5.02. The summed E-state index contributed by atoms with van der Waals surface area (Å²) in [7, 11) is 0. The van der Waals surface area contributed by atoms with E-state index in [0.717, 1.165) is 11.1 Å². The fourth-order valence-corrected chi connectivity index (χ4v) is 2.71. The molecule has 0 atom stereocenters. The van der Waals surface area contributed by atoms with E-state index in [-0.39, 0.29) is 17.4 Å². The van der Waals surface area contributed by atoms with Crippen LogP contribution in [0.1, 0.15) is 11.1 Å². The molecule has 0 saturated heterocycles. The van der Waals surface area contributed by atoms with E-state index in [1.807, 2.05) is 19.9 Å². The first-order chi connectivity index (χ1) is 11.5. The van der Waals surface area contributed by atoms with E-state index in [4.69, 9.17) is 4.74 Å². The molecule has 122 valence electrons. The second kappa shape index (κ2) is 6.59. The normalized spacial score (nSPS) is 10.4. The number of hydrogen-bond acceptors (Lipinski definition) is 8. The molecular formula is C15H13N5O3S. The van der Waals surface area contributed by atoms with Gasteiger partial charge in [-0.1, -0.05) is 6.07 Å². The molecule has 2 heterocycles. The standard InChI is InChI=1S/C15H13N5O3S/c1-9-5-10(2)7-11(6-9)23-14-12(20(21)22)13(17-8-18-14)19-15-16-3-4-24-15/h3-8H,1-2H3,(H,16,17,18,19). The summed E-state index contributed by atoms with van der Waals surface area (Å²) in [5.74, 6) is 0.387. The first kappa shape index (κ1) is 15.8. The number of thiazole rings is 1. The van der Waals surface area contributed by atoms with Crippen molar-refractivity contribution in [1.82, 2.24) is 15.0 Å². The molecule has 0 spiro atoms. The van der Waals surface area contributed by atoms with Crippen LogP contribution in [0, 0.1) is 24.0 Å². The zero-order chi connectivity index (χ0) is 17.1. The number of aryl methyl sites for hydroxylation is 2. The Bertz CT molecular complexity index is 863. The van der Waals surface area contributed by atoms with Gasteiger partial charge in [0, 0.05) is 11.6 Å². The Hall–Kier alpha value is -3.07. The summed E-state index contributed by atoms with van der Waals surface area (Å²) < 4.78 is 5.64. The largest absolute Gasteiger partial charge is 0.434 e. The number of nitrogens with one attached hydrogen (secondary N) is 1. The topological polar surface area (TPSA) is 103 Å². The van der Waals surface area contributed by atoms with Crippen LogP contribution in [0.3, 0.4) is 0 Å². The number of aromatic nitrogens is 3. The molecule has 3 aromatic rings. The number of benzene rings is 1. The lowest BCUT2D eigenvalue weighted by Crippen LogP contribution is -2.03. The van der Waals surface area contributed by atoms with E-state index in [1.54, 1.807) is 23.7 Å². The Morgan fingerprint density at radius 2 is 1.92 bits per heavy atom. The summed E-state index contributed by atoms with van der Waals surface area (Å²) >= 11 is 1.31. The summed E-state index contributed by atoms with van der Waals surface area (Å²) in [4.78, 5) is 22.8. The van der Waals surface area contributed by atoms with E-state index >= 15 is 0 Å². The molecule has 0 amide bonds. The van der Waals surface area contributed by atoms with Crippen molar-refractivity contribution in [2.24, 2.45) is 0 Å². The summed E-state index contributed by atoms with van der Waals surface area (Å²) in [5.41, 5.74) is 1.64. The van der Waals surface area contributed by atoms with Crippen molar-refractivity contribution >= 4 is 28.0 Å². The Kier molecular flexibility index (Phi) is 4.34. The minimum atomic E-state index is -0.575. The molecule has 0 aliphatic heterocycles. The average molecular weight is 343 g/mol. The fraction of sp³-hybridized carbons (Fsp3) is 0.133. The maximum atomic E-state index is 11.5. The highest BCUT2D eigenvalue weighted by Crippen LogP contribution is 2.36. The third kappa shape index (κ3) is 3.46. The number of nitrogens with zero attached hydrogens (tertiary/aromatic N) is 4. The summed E-state index contributed by atoms with van der Waals surface area (Å²) in [6, 6.07) is 5.55. The molecule has 0 radical (unpaired) electrons. The van der Waals surface area contributed by atoms with Crippen LogP contribution >= 0.6 is 11.3 Å². The lowest BCUT2D eigenvalue weighted by Gasteiger charge is -2.09. The third-order valence-electron chi connectivity index (χ3n) is 3.04. The van der Waals surface area contributed by atoms with Crippen molar-refractivity contribution in [1.29, 1.82) is 0 Å². The molecule has 8 nitrogen and oxygen atoms in total. The van der Waals surface area contributed by atoms with E-state index in [1.165, 1.54) is 17.7 Å². The van der Waals surface area contributed by atoms with Crippen molar-refractivity contribution in [2.45, 2.75) is 13.8 Å². The van der Waals surface area contributed by atoms with Gasteiger partial charge in [-0.05, 0) is 37.1 Å². The minimum absolute atomic E-state index is 0.0318. The minimum Gasteiger partial charge on any atom is -0.434 e. The maximum absolute atomic E-state index is 11.5. The molecule has 1 N–H and O–H groups in total. The average Bonchev–Trinajstić information content (AvgIpc) is 2.99. The first-order valence-corrected chi connectivity index (χ1v) is 7.83. The molecule has 0 aliphatic rings. The highest BCUT2D eigenvalue weighted by molar-refractivity contribution is 7.13. The lowest BCUT2D eigenvalue weighted by molar-refractivity contribution is -0.385. The molecule has 9 heteroatoms. The van der Waals surface area contributed by atoms with Crippen LogP contribution < -0.4 is 10.1 Å². The van der Waals surface area contributed by atoms with Crippen molar-refractivity contribution in [3.05, 3.63) is 57.3 Å². The molecule has 24 heavy (non-hydrogen) atoms.